The van der Waals surface area contributed by atoms with Crippen LogP contribution < -0.4 is 5.32 Å². The fourth-order valence-corrected chi connectivity index (χ4v) is 2.23. The molecule has 0 spiro atoms. The Bertz CT molecular complexity index is 560. The molecule has 0 aliphatic heterocycles. The van der Waals surface area contributed by atoms with Gasteiger partial charge in [0.15, 0.2) is 0 Å². The number of halogens is 1. The molecule has 5 heteroatoms. The molecule has 0 radical (unpaired) electrons. The molecule has 1 atom stereocenters. The molecule has 0 amide bonds. The number of aliphatic hydroxyl groups excluding tert-OH is 2. The van der Waals surface area contributed by atoms with Crippen LogP contribution in [-0.2, 0) is 6.61 Å². The van der Waals surface area contributed by atoms with Crippen LogP contribution in [0.3, 0.4) is 0 Å². The summed E-state index contributed by atoms with van der Waals surface area (Å²) in [6.45, 7) is 1.83. The molecule has 0 bridgehead atoms. The van der Waals surface area contributed by atoms with Gasteiger partial charge in [-0.1, -0.05) is 12.1 Å². The van der Waals surface area contributed by atoms with E-state index in [9.17, 15) is 5.11 Å². The van der Waals surface area contributed by atoms with Gasteiger partial charge in [0.05, 0.1) is 24.4 Å². The molecule has 0 aliphatic rings. The fourth-order valence-electron chi connectivity index (χ4n) is 1.78. The van der Waals surface area contributed by atoms with Crippen LogP contribution >= 0.6 is 15.9 Å². The second-order valence-corrected chi connectivity index (χ2v) is 5.04. The van der Waals surface area contributed by atoms with Gasteiger partial charge in [-0.15, -0.1) is 0 Å². The average molecular weight is 311 g/mol. The van der Waals surface area contributed by atoms with Gasteiger partial charge in [-0.05, 0) is 35.0 Å². The van der Waals surface area contributed by atoms with Crippen molar-refractivity contribution in [1.82, 2.24) is 4.98 Å². The molecular weight excluding hydrogens is 296 g/mol. The molecular formula is C13H15BrN2O2. The van der Waals surface area contributed by atoms with Crippen molar-refractivity contribution in [1.29, 1.82) is 0 Å². The second kappa shape index (κ2) is 5.65. The number of benzene rings is 1. The largest absolute Gasteiger partial charge is 0.394 e. The van der Waals surface area contributed by atoms with E-state index in [1.165, 1.54) is 0 Å². The molecule has 2 rings (SSSR count). The molecule has 0 fully saturated rings. The third kappa shape index (κ3) is 2.63. The Kier molecular flexibility index (Phi) is 4.16. The molecule has 18 heavy (non-hydrogen) atoms. The summed E-state index contributed by atoms with van der Waals surface area (Å²) in [5.74, 6) is 0. The first-order valence-corrected chi connectivity index (χ1v) is 6.51. The van der Waals surface area contributed by atoms with Crippen molar-refractivity contribution in [3.05, 3.63) is 34.4 Å². The number of hydrogen-bond acceptors (Lipinski definition) is 4. The monoisotopic (exact) mass is 310 g/mol. The van der Waals surface area contributed by atoms with Crippen molar-refractivity contribution >= 4 is 32.5 Å². The van der Waals surface area contributed by atoms with Crippen molar-refractivity contribution < 1.29 is 10.2 Å². The van der Waals surface area contributed by atoms with Crippen LogP contribution in [0.15, 0.2) is 28.7 Å². The minimum atomic E-state index is -0.112. The summed E-state index contributed by atoms with van der Waals surface area (Å²) < 4.78 is 0.884. The second-order valence-electron chi connectivity index (χ2n) is 4.18. The van der Waals surface area contributed by atoms with Crippen LogP contribution in [0.2, 0.25) is 0 Å². The van der Waals surface area contributed by atoms with Gasteiger partial charge in [-0.3, -0.25) is 0 Å². The first-order valence-electron chi connectivity index (χ1n) is 5.72. The molecule has 0 saturated carbocycles. The SMILES string of the molecule is CC(CO)Nc1cc(CO)nc2c(Br)cccc12. The molecule has 0 saturated heterocycles. The summed E-state index contributed by atoms with van der Waals surface area (Å²) in [6.07, 6.45) is 0. The lowest BCUT2D eigenvalue weighted by Crippen LogP contribution is -2.19. The number of rotatable bonds is 4. The van der Waals surface area contributed by atoms with E-state index in [1.807, 2.05) is 25.1 Å². The number of anilines is 1. The molecule has 1 aromatic heterocycles. The normalized spacial score (nSPS) is 12.7. The maximum Gasteiger partial charge on any atom is 0.0869 e. The molecule has 2 aromatic rings. The molecule has 4 nitrogen and oxygen atoms in total. The Hall–Kier alpha value is -1.17. The van der Waals surface area contributed by atoms with Crippen molar-refractivity contribution in [3.63, 3.8) is 0 Å². The number of nitrogens with one attached hydrogen (secondary N) is 1. The number of hydrogen-bond donors (Lipinski definition) is 3. The number of aliphatic hydroxyl groups is 2. The Labute approximate surface area is 114 Å². The lowest BCUT2D eigenvalue weighted by Gasteiger charge is -2.16. The van der Waals surface area contributed by atoms with E-state index in [1.54, 1.807) is 6.07 Å². The average Bonchev–Trinajstić information content (AvgIpc) is 2.39. The van der Waals surface area contributed by atoms with Gasteiger partial charge in [0.2, 0.25) is 0 Å². The van der Waals surface area contributed by atoms with E-state index in [4.69, 9.17) is 5.11 Å². The molecule has 96 valence electrons. The Balaban J connectivity index is 2.59. The quantitative estimate of drug-likeness (QED) is 0.810. The van der Waals surface area contributed by atoms with E-state index in [2.05, 4.69) is 26.2 Å². The number of pyridine rings is 1. The number of nitrogens with zero attached hydrogens (tertiary/aromatic N) is 1. The highest BCUT2D eigenvalue weighted by Crippen LogP contribution is 2.29. The molecule has 3 N–H and O–H groups in total. The van der Waals surface area contributed by atoms with E-state index in [-0.39, 0.29) is 19.3 Å². The summed E-state index contributed by atoms with van der Waals surface area (Å²) in [5, 5.41) is 22.5. The van der Waals surface area contributed by atoms with Crippen molar-refractivity contribution in [2.24, 2.45) is 0 Å². The van der Waals surface area contributed by atoms with Crippen LogP contribution in [0, 0.1) is 0 Å². The standard InChI is InChI=1S/C13H15BrN2O2/c1-8(6-17)15-12-5-9(7-18)16-13-10(12)3-2-4-11(13)14/h2-5,8,17-18H,6-7H2,1H3,(H,15,16). The van der Waals surface area contributed by atoms with Gasteiger partial charge in [-0.2, -0.15) is 0 Å². The molecule has 1 aromatic carbocycles. The Morgan fingerprint density at radius 2 is 2.17 bits per heavy atom. The van der Waals surface area contributed by atoms with Crippen LogP contribution in [0.1, 0.15) is 12.6 Å². The van der Waals surface area contributed by atoms with Gasteiger partial charge in [0.1, 0.15) is 0 Å². The zero-order chi connectivity index (χ0) is 13.1. The van der Waals surface area contributed by atoms with Crippen LogP contribution in [0.4, 0.5) is 5.69 Å². The van der Waals surface area contributed by atoms with E-state index in [0.717, 1.165) is 21.1 Å². The Morgan fingerprint density at radius 3 is 2.83 bits per heavy atom. The van der Waals surface area contributed by atoms with Gasteiger partial charge in [-0.25, -0.2) is 4.98 Å². The maximum absolute atomic E-state index is 9.25. The smallest absolute Gasteiger partial charge is 0.0869 e. The number of fused-ring (bicyclic) bond motifs is 1. The molecule has 0 aliphatic carbocycles. The summed E-state index contributed by atoms with van der Waals surface area (Å²) in [5.41, 5.74) is 2.27. The topological polar surface area (TPSA) is 65.4 Å². The highest BCUT2D eigenvalue weighted by molar-refractivity contribution is 9.10. The summed E-state index contributed by atoms with van der Waals surface area (Å²) in [6, 6.07) is 7.56. The highest BCUT2D eigenvalue weighted by atomic mass is 79.9. The lowest BCUT2D eigenvalue weighted by atomic mass is 10.1. The van der Waals surface area contributed by atoms with Crippen molar-refractivity contribution in [3.8, 4) is 0 Å². The van der Waals surface area contributed by atoms with Crippen molar-refractivity contribution in [2.75, 3.05) is 11.9 Å². The third-order valence-electron chi connectivity index (χ3n) is 2.68. The minimum absolute atomic E-state index is 0.0479. The summed E-state index contributed by atoms with van der Waals surface area (Å²) in [4.78, 5) is 4.39. The Morgan fingerprint density at radius 1 is 1.39 bits per heavy atom. The fraction of sp³-hybridized carbons (Fsp3) is 0.308. The van der Waals surface area contributed by atoms with Crippen LogP contribution in [-0.4, -0.2) is 27.8 Å². The van der Waals surface area contributed by atoms with Crippen LogP contribution in [0.25, 0.3) is 10.9 Å². The first kappa shape index (κ1) is 13.3. The van der Waals surface area contributed by atoms with Crippen LogP contribution in [0.5, 0.6) is 0 Å². The van der Waals surface area contributed by atoms with Gasteiger partial charge in [0.25, 0.3) is 0 Å². The van der Waals surface area contributed by atoms with Gasteiger partial charge in [0, 0.05) is 21.6 Å². The predicted octanol–water partition coefficient (Wildman–Crippen LogP) is 2.28. The zero-order valence-electron chi connectivity index (χ0n) is 10.0. The lowest BCUT2D eigenvalue weighted by molar-refractivity contribution is 0.277. The van der Waals surface area contributed by atoms with E-state index >= 15 is 0 Å². The highest BCUT2D eigenvalue weighted by Gasteiger charge is 2.09. The van der Waals surface area contributed by atoms with Crippen molar-refractivity contribution in [2.45, 2.75) is 19.6 Å². The number of para-hydroxylation sites is 1. The maximum atomic E-state index is 9.25. The molecule has 1 heterocycles. The minimum Gasteiger partial charge on any atom is -0.394 e. The van der Waals surface area contributed by atoms with Gasteiger partial charge < -0.3 is 15.5 Å². The summed E-state index contributed by atoms with van der Waals surface area (Å²) >= 11 is 3.46. The molecule has 1 unspecified atom stereocenters. The van der Waals surface area contributed by atoms with E-state index < -0.39 is 0 Å². The van der Waals surface area contributed by atoms with E-state index in [0.29, 0.717) is 5.69 Å². The first-order chi connectivity index (χ1) is 8.65. The third-order valence-corrected chi connectivity index (χ3v) is 3.32. The predicted molar refractivity (Wildman–Crippen MR) is 75.5 cm³/mol. The zero-order valence-corrected chi connectivity index (χ0v) is 11.6. The summed E-state index contributed by atoms with van der Waals surface area (Å²) in [7, 11) is 0. The number of aromatic nitrogens is 1. The van der Waals surface area contributed by atoms with Gasteiger partial charge >= 0.3 is 0 Å².